The second-order valence-corrected chi connectivity index (χ2v) is 7.40. The number of benzene rings is 1. The van der Waals surface area contributed by atoms with Crippen molar-refractivity contribution in [3.63, 3.8) is 0 Å². The van der Waals surface area contributed by atoms with Crippen molar-refractivity contribution in [2.75, 3.05) is 18.4 Å². The van der Waals surface area contributed by atoms with Crippen LogP contribution < -0.4 is 10.6 Å². The van der Waals surface area contributed by atoms with Gasteiger partial charge in [0.25, 0.3) is 0 Å². The van der Waals surface area contributed by atoms with Crippen LogP contribution in [0.5, 0.6) is 0 Å². The lowest BCUT2D eigenvalue weighted by molar-refractivity contribution is -0.137. The van der Waals surface area contributed by atoms with Crippen molar-refractivity contribution in [1.29, 1.82) is 0 Å². The summed E-state index contributed by atoms with van der Waals surface area (Å²) in [5.41, 5.74) is -1.00. The summed E-state index contributed by atoms with van der Waals surface area (Å²) in [7, 11) is 0. The number of hydrogen-bond donors (Lipinski definition) is 2. The third kappa shape index (κ3) is 5.20. The Morgan fingerprint density at radius 2 is 1.85 bits per heavy atom. The number of anilines is 1. The highest BCUT2D eigenvalue weighted by Crippen LogP contribution is 2.34. The Morgan fingerprint density at radius 3 is 2.46 bits per heavy atom. The van der Waals surface area contributed by atoms with E-state index in [0.717, 1.165) is 38.0 Å². The normalized spacial score (nSPS) is 20.8. The molecule has 4 nitrogen and oxygen atoms in total. The number of likely N-dealkylation sites (tertiary alicyclic amines) is 1. The average molecular weight is 369 g/mol. The fraction of sp³-hybridized carbons (Fsp3) is 0.632. The zero-order valence-electron chi connectivity index (χ0n) is 15.0. The van der Waals surface area contributed by atoms with Crippen molar-refractivity contribution in [2.45, 2.75) is 63.3 Å². The molecule has 1 heterocycles. The molecule has 2 fully saturated rings. The molecule has 1 aromatic carbocycles. The number of halogens is 3. The molecule has 1 aliphatic carbocycles. The van der Waals surface area contributed by atoms with E-state index in [1.54, 1.807) is 0 Å². The summed E-state index contributed by atoms with van der Waals surface area (Å²) >= 11 is 0. The Morgan fingerprint density at radius 1 is 1.19 bits per heavy atom. The Hall–Kier alpha value is -1.60. The third-order valence-electron chi connectivity index (χ3n) is 5.11. The van der Waals surface area contributed by atoms with E-state index >= 15 is 0 Å². The largest absolute Gasteiger partial charge is 0.418 e. The van der Waals surface area contributed by atoms with E-state index in [1.165, 1.54) is 31.0 Å². The molecule has 7 heteroatoms. The number of carbonyl (C=O) groups is 1. The molecule has 3 rings (SSSR count). The minimum Gasteiger partial charge on any atom is -0.325 e. The van der Waals surface area contributed by atoms with Gasteiger partial charge in [0.1, 0.15) is 0 Å². The quantitative estimate of drug-likeness (QED) is 0.805. The lowest BCUT2D eigenvalue weighted by Gasteiger charge is -2.34. The van der Waals surface area contributed by atoms with Crippen molar-refractivity contribution in [1.82, 2.24) is 10.2 Å². The van der Waals surface area contributed by atoms with Gasteiger partial charge in [-0.25, -0.2) is 0 Å². The monoisotopic (exact) mass is 369 g/mol. The van der Waals surface area contributed by atoms with Crippen LogP contribution >= 0.6 is 0 Å². The molecule has 1 atom stereocenters. The third-order valence-corrected chi connectivity index (χ3v) is 5.11. The Bertz CT molecular complexity index is 623. The van der Waals surface area contributed by atoms with E-state index in [2.05, 4.69) is 15.5 Å². The van der Waals surface area contributed by atoms with Crippen LogP contribution in [0.4, 0.5) is 18.9 Å². The molecule has 26 heavy (non-hydrogen) atoms. The SMILES string of the molecule is CC(CC(=O)Nc1ccccc1C(F)(F)F)NC1CCN(C2CC2)CC1. The maximum Gasteiger partial charge on any atom is 0.418 e. The van der Waals surface area contributed by atoms with Gasteiger partial charge >= 0.3 is 6.18 Å². The summed E-state index contributed by atoms with van der Waals surface area (Å²) in [4.78, 5) is 14.7. The molecular formula is C19H26F3N3O. The highest BCUT2D eigenvalue weighted by molar-refractivity contribution is 5.92. The number of para-hydroxylation sites is 1. The van der Waals surface area contributed by atoms with Gasteiger partial charge in [-0.15, -0.1) is 0 Å². The maximum absolute atomic E-state index is 13.0. The van der Waals surface area contributed by atoms with Gasteiger partial charge < -0.3 is 15.5 Å². The Labute approximate surface area is 152 Å². The first-order valence-electron chi connectivity index (χ1n) is 9.29. The van der Waals surface area contributed by atoms with Crippen LogP contribution in [0.25, 0.3) is 0 Å². The number of amides is 1. The number of nitrogens with zero attached hydrogens (tertiary/aromatic N) is 1. The molecule has 2 aliphatic rings. The highest BCUT2D eigenvalue weighted by atomic mass is 19.4. The molecule has 0 radical (unpaired) electrons. The first kappa shape index (κ1) is 19.2. The summed E-state index contributed by atoms with van der Waals surface area (Å²) < 4.78 is 39.0. The molecule has 0 spiro atoms. The summed E-state index contributed by atoms with van der Waals surface area (Å²) in [5, 5.41) is 5.86. The van der Waals surface area contributed by atoms with Crippen molar-refractivity contribution in [3.8, 4) is 0 Å². The molecule has 0 bridgehead atoms. The molecule has 1 saturated carbocycles. The van der Waals surface area contributed by atoms with E-state index in [-0.39, 0.29) is 18.2 Å². The zero-order chi connectivity index (χ0) is 18.7. The van der Waals surface area contributed by atoms with Gasteiger partial charge in [0.05, 0.1) is 11.3 Å². The molecular weight excluding hydrogens is 343 g/mol. The Kier molecular flexibility index (Phi) is 5.87. The van der Waals surface area contributed by atoms with Crippen molar-refractivity contribution in [2.24, 2.45) is 0 Å². The van der Waals surface area contributed by atoms with Crippen LogP contribution in [-0.2, 0) is 11.0 Å². The van der Waals surface area contributed by atoms with Crippen molar-refractivity contribution >= 4 is 11.6 Å². The number of hydrogen-bond acceptors (Lipinski definition) is 3. The molecule has 1 aromatic rings. The van der Waals surface area contributed by atoms with E-state index < -0.39 is 17.6 Å². The molecule has 1 amide bonds. The van der Waals surface area contributed by atoms with Crippen molar-refractivity contribution in [3.05, 3.63) is 29.8 Å². The van der Waals surface area contributed by atoms with E-state index in [1.807, 2.05) is 6.92 Å². The van der Waals surface area contributed by atoms with E-state index in [4.69, 9.17) is 0 Å². The van der Waals surface area contributed by atoms with Crippen molar-refractivity contribution < 1.29 is 18.0 Å². The lowest BCUT2D eigenvalue weighted by atomic mass is 10.0. The number of nitrogens with one attached hydrogen (secondary N) is 2. The topological polar surface area (TPSA) is 44.4 Å². The molecule has 0 aromatic heterocycles. The maximum atomic E-state index is 13.0. The fourth-order valence-electron chi connectivity index (χ4n) is 3.65. The summed E-state index contributed by atoms with van der Waals surface area (Å²) in [5.74, 6) is -0.405. The van der Waals surface area contributed by atoms with E-state index in [0.29, 0.717) is 6.04 Å². The highest BCUT2D eigenvalue weighted by Gasteiger charge is 2.34. The van der Waals surface area contributed by atoms with Gasteiger partial charge in [-0.1, -0.05) is 12.1 Å². The Balaban J connectivity index is 1.46. The van der Waals surface area contributed by atoms with Gasteiger partial charge in [-0.3, -0.25) is 4.79 Å². The summed E-state index contributed by atoms with van der Waals surface area (Å²) in [6.07, 6.45) is 0.402. The van der Waals surface area contributed by atoms with Crippen LogP contribution in [0.2, 0.25) is 0 Å². The first-order chi connectivity index (χ1) is 12.3. The van der Waals surface area contributed by atoms with E-state index in [9.17, 15) is 18.0 Å². The summed E-state index contributed by atoms with van der Waals surface area (Å²) in [6, 6.07) is 6.14. The van der Waals surface area contributed by atoms with Gasteiger partial charge in [0.2, 0.25) is 5.91 Å². The number of rotatable bonds is 6. The molecule has 1 saturated heterocycles. The van der Waals surface area contributed by atoms with Crippen LogP contribution in [0.3, 0.4) is 0 Å². The molecule has 1 aliphatic heterocycles. The molecule has 144 valence electrons. The standard InChI is InChI=1S/C19H26F3N3O/c1-13(23-14-8-10-25(11-9-14)15-6-7-15)12-18(26)24-17-5-3-2-4-16(17)19(20,21)22/h2-5,13-15,23H,6-12H2,1H3,(H,24,26). The van der Waals surface area contributed by atoms with Gasteiger partial charge in [-0.05, 0) is 57.8 Å². The summed E-state index contributed by atoms with van der Waals surface area (Å²) in [6.45, 7) is 4.07. The minimum atomic E-state index is -4.48. The smallest absolute Gasteiger partial charge is 0.325 e. The fourth-order valence-corrected chi connectivity index (χ4v) is 3.65. The lowest BCUT2D eigenvalue weighted by Crippen LogP contribution is -2.46. The van der Waals surface area contributed by atoms with Crippen LogP contribution in [0.1, 0.15) is 44.6 Å². The second kappa shape index (κ2) is 7.96. The minimum absolute atomic E-state index is 0.0782. The number of piperidine rings is 1. The predicted octanol–water partition coefficient (Wildman–Crippen LogP) is 3.64. The van der Waals surface area contributed by atoms with Crippen LogP contribution in [0.15, 0.2) is 24.3 Å². The molecule has 1 unspecified atom stereocenters. The predicted molar refractivity (Wildman–Crippen MR) is 94.9 cm³/mol. The van der Waals surface area contributed by atoms with Crippen LogP contribution in [0, 0.1) is 0 Å². The first-order valence-corrected chi connectivity index (χ1v) is 9.29. The number of alkyl halides is 3. The van der Waals surface area contributed by atoms with Gasteiger partial charge in [0, 0.05) is 24.5 Å². The molecule has 2 N–H and O–H groups in total. The van der Waals surface area contributed by atoms with Crippen LogP contribution in [-0.4, -0.2) is 42.0 Å². The second-order valence-electron chi connectivity index (χ2n) is 7.40. The zero-order valence-corrected chi connectivity index (χ0v) is 15.0. The average Bonchev–Trinajstić information content (AvgIpc) is 3.39. The van der Waals surface area contributed by atoms with Gasteiger partial charge in [-0.2, -0.15) is 13.2 Å². The van der Waals surface area contributed by atoms with Gasteiger partial charge in [0.15, 0.2) is 0 Å². The number of carbonyl (C=O) groups excluding carboxylic acids is 1.